The first-order chi connectivity index (χ1) is 16.4. The van der Waals surface area contributed by atoms with Crippen molar-refractivity contribution in [2.75, 3.05) is 38.7 Å². The number of hydrogen-bond acceptors (Lipinski definition) is 8. The van der Waals surface area contributed by atoms with Crippen molar-refractivity contribution < 1.29 is 23.8 Å². The van der Waals surface area contributed by atoms with Crippen molar-refractivity contribution in [3.05, 3.63) is 35.5 Å². The number of anilines is 1. The highest BCUT2D eigenvalue weighted by Gasteiger charge is 2.31. The number of piperidine rings is 1. The van der Waals surface area contributed by atoms with Gasteiger partial charge in [-0.3, -0.25) is 0 Å². The van der Waals surface area contributed by atoms with E-state index in [1.165, 1.54) is 24.3 Å². The van der Waals surface area contributed by atoms with Crippen LogP contribution in [0, 0.1) is 5.82 Å². The molecule has 2 fully saturated rings. The number of hydrogen-bond donors (Lipinski definition) is 2. The lowest BCUT2D eigenvalue weighted by Crippen LogP contribution is -2.51. The molecule has 180 valence electrons. The van der Waals surface area contributed by atoms with Crippen LogP contribution in [0.5, 0.6) is 0 Å². The van der Waals surface area contributed by atoms with Gasteiger partial charge in [0.1, 0.15) is 5.52 Å². The predicted molar refractivity (Wildman–Crippen MR) is 122 cm³/mol. The minimum Gasteiger partial charge on any atom is -0.453 e. The molecule has 4 heterocycles. The number of benzene rings is 1. The van der Waals surface area contributed by atoms with Gasteiger partial charge in [-0.25, -0.2) is 24.1 Å². The van der Waals surface area contributed by atoms with Crippen LogP contribution in [0.25, 0.3) is 22.3 Å². The van der Waals surface area contributed by atoms with Gasteiger partial charge in [-0.05, 0) is 25.0 Å². The summed E-state index contributed by atoms with van der Waals surface area (Å²) in [6, 6.07) is 2.88. The summed E-state index contributed by atoms with van der Waals surface area (Å²) in [5, 5.41) is 13.9. The quantitative estimate of drug-likeness (QED) is 0.573. The van der Waals surface area contributed by atoms with Gasteiger partial charge in [0, 0.05) is 18.7 Å². The van der Waals surface area contributed by atoms with Crippen molar-refractivity contribution in [2.45, 2.75) is 31.0 Å². The Morgan fingerprint density at radius 2 is 2.21 bits per heavy atom. The van der Waals surface area contributed by atoms with Crippen LogP contribution in [0.4, 0.5) is 15.1 Å². The van der Waals surface area contributed by atoms with Crippen molar-refractivity contribution in [3.8, 4) is 11.3 Å². The summed E-state index contributed by atoms with van der Waals surface area (Å²) in [4.78, 5) is 26.1. The van der Waals surface area contributed by atoms with E-state index in [9.17, 15) is 14.3 Å². The highest BCUT2D eigenvalue weighted by atomic mass is 35.5. The van der Waals surface area contributed by atoms with Crippen LogP contribution in [0.2, 0.25) is 5.02 Å². The van der Waals surface area contributed by atoms with Gasteiger partial charge < -0.3 is 29.4 Å². The third kappa shape index (κ3) is 4.26. The molecule has 1 unspecified atom stereocenters. The number of fused-ring (bicyclic) bond motifs is 1. The molecule has 2 aliphatic heterocycles. The molecular formula is C22H24ClFN6O4. The molecule has 1 amide bonds. The molecule has 2 N–H and O–H groups in total. The molecule has 0 bridgehead atoms. The highest BCUT2D eigenvalue weighted by Crippen LogP contribution is 2.33. The molecule has 34 heavy (non-hydrogen) atoms. The fourth-order valence-electron chi connectivity index (χ4n) is 4.46. The van der Waals surface area contributed by atoms with E-state index in [-0.39, 0.29) is 35.1 Å². The number of aliphatic hydroxyl groups is 1. The number of nitrogens with zero attached hydrogens (tertiary/aromatic N) is 5. The second-order valence-electron chi connectivity index (χ2n) is 8.41. The third-order valence-corrected chi connectivity index (χ3v) is 6.56. The van der Waals surface area contributed by atoms with E-state index in [4.69, 9.17) is 21.1 Å². The van der Waals surface area contributed by atoms with Gasteiger partial charge >= 0.3 is 6.09 Å². The smallest absolute Gasteiger partial charge is 0.409 e. The minimum atomic E-state index is -0.840. The second kappa shape index (κ2) is 9.32. The number of β-amino-alcohol motifs (C(OH)–C–C–N with tert-alkyl or cyclic N) is 1. The SMILES string of the molecule is COC(=O)N1CC[C@@H](Nc2ncc(Cl)c(-c3cc(F)c4ncn(C5CCOC5)c4c3)n2)[C@H](O)C1. The Labute approximate surface area is 199 Å². The lowest BCUT2D eigenvalue weighted by molar-refractivity contribution is 0.0503. The zero-order chi connectivity index (χ0) is 23.8. The van der Waals surface area contributed by atoms with Crippen LogP contribution < -0.4 is 5.32 Å². The number of aromatic nitrogens is 4. The summed E-state index contributed by atoms with van der Waals surface area (Å²) < 4.78 is 27.1. The number of imidazole rings is 1. The molecule has 10 nitrogen and oxygen atoms in total. The maximum atomic E-state index is 14.9. The van der Waals surface area contributed by atoms with E-state index < -0.39 is 18.0 Å². The number of carbonyl (C=O) groups excluding carboxylic acids is 1. The van der Waals surface area contributed by atoms with Gasteiger partial charge in [0.05, 0.1) is 67.2 Å². The van der Waals surface area contributed by atoms with Crippen LogP contribution in [0.3, 0.4) is 0 Å². The van der Waals surface area contributed by atoms with E-state index in [0.29, 0.717) is 43.0 Å². The zero-order valence-corrected chi connectivity index (χ0v) is 19.2. The predicted octanol–water partition coefficient (Wildman–Crippen LogP) is 2.86. The van der Waals surface area contributed by atoms with E-state index in [2.05, 4.69) is 20.3 Å². The van der Waals surface area contributed by atoms with Crippen molar-refractivity contribution in [3.63, 3.8) is 0 Å². The van der Waals surface area contributed by atoms with Gasteiger partial charge in [-0.15, -0.1) is 0 Å². The number of nitrogens with one attached hydrogen (secondary N) is 1. The largest absolute Gasteiger partial charge is 0.453 e. The summed E-state index contributed by atoms with van der Waals surface area (Å²) in [6.07, 6.45) is 3.05. The number of likely N-dealkylation sites (tertiary alicyclic amines) is 1. The first-order valence-corrected chi connectivity index (χ1v) is 11.4. The molecule has 3 atom stereocenters. The molecule has 0 aliphatic carbocycles. The van der Waals surface area contributed by atoms with Crippen LogP contribution in [-0.4, -0.2) is 81.2 Å². The number of halogens is 2. The average Bonchev–Trinajstić information content (AvgIpc) is 3.51. The Morgan fingerprint density at radius 3 is 2.94 bits per heavy atom. The number of aliphatic hydroxyl groups excluding tert-OH is 1. The maximum absolute atomic E-state index is 14.9. The molecule has 0 saturated carbocycles. The summed E-state index contributed by atoms with van der Waals surface area (Å²) in [5.74, 6) is -0.229. The lowest BCUT2D eigenvalue weighted by Gasteiger charge is -2.35. The summed E-state index contributed by atoms with van der Waals surface area (Å²) in [6.45, 7) is 1.75. The van der Waals surface area contributed by atoms with Gasteiger partial charge in [-0.2, -0.15) is 0 Å². The summed E-state index contributed by atoms with van der Waals surface area (Å²) in [7, 11) is 1.30. The Hall–Kier alpha value is -3.02. The first-order valence-electron chi connectivity index (χ1n) is 11.0. The Kier molecular flexibility index (Phi) is 6.24. The van der Waals surface area contributed by atoms with E-state index in [1.807, 2.05) is 10.6 Å². The van der Waals surface area contributed by atoms with Gasteiger partial charge in [0.2, 0.25) is 5.95 Å². The Morgan fingerprint density at radius 1 is 1.35 bits per heavy atom. The Balaban J connectivity index is 1.42. The maximum Gasteiger partial charge on any atom is 0.409 e. The molecule has 2 saturated heterocycles. The molecule has 5 rings (SSSR count). The lowest BCUT2D eigenvalue weighted by atomic mass is 10.0. The van der Waals surface area contributed by atoms with Gasteiger partial charge in [0.15, 0.2) is 5.82 Å². The van der Waals surface area contributed by atoms with Crippen LogP contribution in [0.15, 0.2) is 24.7 Å². The Bertz CT molecular complexity index is 1220. The van der Waals surface area contributed by atoms with Crippen molar-refractivity contribution >= 4 is 34.7 Å². The van der Waals surface area contributed by atoms with Crippen LogP contribution >= 0.6 is 11.6 Å². The fraction of sp³-hybridized carbons (Fsp3) is 0.455. The molecule has 0 radical (unpaired) electrons. The van der Waals surface area contributed by atoms with Gasteiger partial charge in [0.25, 0.3) is 0 Å². The highest BCUT2D eigenvalue weighted by molar-refractivity contribution is 6.33. The molecule has 0 spiro atoms. The van der Waals surface area contributed by atoms with Crippen molar-refractivity contribution in [2.24, 2.45) is 0 Å². The summed E-state index contributed by atoms with van der Waals surface area (Å²) in [5.41, 5.74) is 1.76. The van der Waals surface area contributed by atoms with Crippen LogP contribution in [0.1, 0.15) is 18.9 Å². The molecule has 1 aromatic carbocycles. The fourth-order valence-corrected chi connectivity index (χ4v) is 4.66. The number of amides is 1. The van der Waals surface area contributed by atoms with Crippen molar-refractivity contribution in [1.82, 2.24) is 24.4 Å². The molecule has 2 aliphatic rings. The molecule has 3 aromatic rings. The van der Waals surface area contributed by atoms with E-state index in [0.717, 1.165) is 6.42 Å². The number of ether oxygens (including phenoxy) is 2. The zero-order valence-electron chi connectivity index (χ0n) is 18.4. The minimum absolute atomic E-state index is 0.0927. The van der Waals surface area contributed by atoms with Gasteiger partial charge in [-0.1, -0.05) is 11.6 Å². The molecule has 12 heteroatoms. The molecule has 2 aromatic heterocycles. The van der Waals surface area contributed by atoms with E-state index in [1.54, 1.807) is 6.33 Å². The first kappa shape index (κ1) is 22.8. The van der Waals surface area contributed by atoms with Crippen LogP contribution in [-0.2, 0) is 9.47 Å². The molecular weight excluding hydrogens is 467 g/mol. The normalized spacial score (nSPS) is 22.8. The average molecular weight is 491 g/mol. The number of carbonyl (C=O) groups is 1. The number of methoxy groups -OCH3 is 1. The third-order valence-electron chi connectivity index (χ3n) is 6.28. The summed E-state index contributed by atoms with van der Waals surface area (Å²) >= 11 is 6.39. The van der Waals surface area contributed by atoms with E-state index >= 15 is 0 Å². The standard InChI is InChI=1S/C22H24ClFN6O4/c1-33-22(32)29-4-2-16(18(31)9-29)27-21-25-8-14(23)19(28-21)12-6-15(24)20-17(7-12)30(11-26-20)13-3-5-34-10-13/h6-8,11,13,16,18,31H,2-5,9-10H2,1H3,(H,25,27,28)/t13?,16-,18-/m1/s1. The topological polar surface area (TPSA) is 115 Å². The monoisotopic (exact) mass is 490 g/mol. The second-order valence-corrected chi connectivity index (χ2v) is 8.82. The number of rotatable bonds is 4. The van der Waals surface area contributed by atoms with Crippen molar-refractivity contribution in [1.29, 1.82) is 0 Å².